The predicted molar refractivity (Wildman–Crippen MR) is 65.6 cm³/mol. The summed E-state index contributed by atoms with van der Waals surface area (Å²) in [5.41, 5.74) is 7.23. The normalized spacial score (nSPS) is 12.9. The molecule has 86 valence electrons. The number of nitrogens with two attached hydrogens (primary N) is 1. The highest BCUT2D eigenvalue weighted by molar-refractivity contribution is 7.11. The zero-order chi connectivity index (χ0) is 11.5. The summed E-state index contributed by atoms with van der Waals surface area (Å²) in [4.78, 5) is 5.87. The number of hydrogen-bond donors (Lipinski definition) is 1. The van der Waals surface area contributed by atoms with Gasteiger partial charge in [-0.3, -0.25) is 0 Å². The zero-order valence-corrected chi connectivity index (χ0v) is 10.4. The Kier molecular flexibility index (Phi) is 3.41. The van der Waals surface area contributed by atoms with Crippen LogP contribution in [0, 0.1) is 6.92 Å². The summed E-state index contributed by atoms with van der Waals surface area (Å²) in [6, 6.07) is 3.68. The first-order valence-electron chi connectivity index (χ1n) is 5.45. The quantitative estimate of drug-likeness (QED) is 0.888. The van der Waals surface area contributed by atoms with Gasteiger partial charge in [-0.15, -0.1) is 11.3 Å². The van der Waals surface area contributed by atoms with Gasteiger partial charge in [-0.25, -0.2) is 4.98 Å². The van der Waals surface area contributed by atoms with Gasteiger partial charge in [0.1, 0.15) is 5.76 Å². The number of furan rings is 1. The van der Waals surface area contributed by atoms with Crippen LogP contribution >= 0.6 is 11.3 Å². The van der Waals surface area contributed by atoms with E-state index in [1.54, 1.807) is 17.6 Å². The van der Waals surface area contributed by atoms with E-state index in [4.69, 9.17) is 10.2 Å². The highest BCUT2D eigenvalue weighted by Gasteiger charge is 2.13. The molecule has 4 heteroatoms. The number of hydrogen-bond acceptors (Lipinski definition) is 4. The highest BCUT2D eigenvalue weighted by Crippen LogP contribution is 2.23. The Morgan fingerprint density at radius 3 is 2.94 bits per heavy atom. The molecule has 2 rings (SSSR count). The van der Waals surface area contributed by atoms with E-state index in [9.17, 15) is 0 Å². The van der Waals surface area contributed by atoms with Crippen molar-refractivity contribution in [1.82, 2.24) is 4.98 Å². The van der Waals surface area contributed by atoms with Crippen LogP contribution in [-0.4, -0.2) is 4.98 Å². The molecule has 0 saturated carbocycles. The first kappa shape index (κ1) is 11.4. The first-order valence-corrected chi connectivity index (χ1v) is 6.26. The topological polar surface area (TPSA) is 52.0 Å². The average molecular weight is 236 g/mol. The minimum Gasteiger partial charge on any atom is -0.468 e. The summed E-state index contributed by atoms with van der Waals surface area (Å²) in [6.45, 7) is 4.23. The minimum absolute atomic E-state index is 0.0924. The molecule has 2 heterocycles. The monoisotopic (exact) mass is 236 g/mol. The highest BCUT2D eigenvalue weighted by atomic mass is 32.1. The summed E-state index contributed by atoms with van der Waals surface area (Å²) in [5, 5.41) is 1.10. The number of aromatic nitrogens is 1. The van der Waals surface area contributed by atoms with Gasteiger partial charge in [0.15, 0.2) is 0 Å². The van der Waals surface area contributed by atoms with E-state index in [-0.39, 0.29) is 6.04 Å². The first-order chi connectivity index (χ1) is 7.70. The summed E-state index contributed by atoms with van der Waals surface area (Å²) in [5.74, 6) is 0.825. The molecule has 2 N–H and O–H groups in total. The van der Waals surface area contributed by atoms with E-state index in [1.165, 1.54) is 10.6 Å². The molecule has 0 bridgehead atoms. The third-order valence-corrected chi connectivity index (χ3v) is 3.61. The number of rotatable bonds is 4. The van der Waals surface area contributed by atoms with Crippen molar-refractivity contribution in [2.24, 2.45) is 5.73 Å². The van der Waals surface area contributed by atoms with Crippen LogP contribution in [0.15, 0.2) is 22.8 Å². The molecule has 0 aliphatic carbocycles. The molecule has 0 aliphatic heterocycles. The van der Waals surface area contributed by atoms with Crippen molar-refractivity contribution < 1.29 is 4.42 Å². The Morgan fingerprint density at radius 2 is 2.38 bits per heavy atom. The standard InChI is InChI=1S/C12H16N2OS/c1-3-10-8(2)16-12(14-10)7-9(13)11-5-4-6-15-11/h4-6,9H,3,7,13H2,1-2H3. The van der Waals surface area contributed by atoms with Gasteiger partial charge in [0, 0.05) is 11.3 Å². The maximum Gasteiger partial charge on any atom is 0.120 e. The predicted octanol–water partition coefficient (Wildman–Crippen LogP) is 2.85. The van der Waals surface area contributed by atoms with E-state index in [1.807, 2.05) is 12.1 Å². The molecule has 0 amide bonds. The van der Waals surface area contributed by atoms with E-state index >= 15 is 0 Å². The lowest BCUT2D eigenvalue weighted by Gasteiger charge is -2.05. The number of thiazole rings is 1. The third-order valence-electron chi connectivity index (χ3n) is 2.58. The Labute approximate surface area is 99.3 Å². The van der Waals surface area contributed by atoms with Crippen LogP contribution < -0.4 is 5.73 Å². The summed E-state index contributed by atoms with van der Waals surface area (Å²) in [7, 11) is 0. The van der Waals surface area contributed by atoms with Crippen molar-refractivity contribution in [2.75, 3.05) is 0 Å². The van der Waals surface area contributed by atoms with Crippen LogP contribution in [0.1, 0.15) is 34.3 Å². The SMILES string of the molecule is CCc1nc(CC(N)c2ccco2)sc1C. The lowest BCUT2D eigenvalue weighted by molar-refractivity contribution is 0.464. The molecule has 0 spiro atoms. The van der Waals surface area contributed by atoms with Gasteiger partial charge < -0.3 is 10.2 Å². The fraction of sp³-hybridized carbons (Fsp3) is 0.417. The molecule has 2 aromatic rings. The van der Waals surface area contributed by atoms with E-state index < -0.39 is 0 Å². The molecule has 1 atom stereocenters. The third kappa shape index (κ3) is 2.33. The maximum absolute atomic E-state index is 6.05. The molecule has 0 radical (unpaired) electrons. The summed E-state index contributed by atoms with van der Waals surface area (Å²) < 4.78 is 5.28. The van der Waals surface area contributed by atoms with Gasteiger partial charge in [0.05, 0.1) is 23.0 Å². The minimum atomic E-state index is -0.0924. The van der Waals surface area contributed by atoms with Crippen LogP contribution in [0.3, 0.4) is 0 Å². The second-order valence-corrected chi connectivity index (χ2v) is 5.08. The smallest absolute Gasteiger partial charge is 0.120 e. The van der Waals surface area contributed by atoms with Gasteiger partial charge in [-0.05, 0) is 25.5 Å². The molecule has 0 fully saturated rings. The lowest BCUT2D eigenvalue weighted by atomic mass is 10.2. The Hall–Kier alpha value is -1.13. The molecule has 3 nitrogen and oxygen atoms in total. The fourth-order valence-corrected chi connectivity index (χ4v) is 2.77. The summed E-state index contributed by atoms with van der Waals surface area (Å²) in [6.07, 6.45) is 3.39. The molecule has 0 aromatic carbocycles. The zero-order valence-electron chi connectivity index (χ0n) is 9.56. The van der Waals surface area contributed by atoms with E-state index in [0.717, 1.165) is 23.6 Å². The van der Waals surface area contributed by atoms with E-state index in [0.29, 0.717) is 0 Å². The average Bonchev–Trinajstić information content (AvgIpc) is 2.87. The fourth-order valence-electron chi connectivity index (χ4n) is 1.69. The molecule has 1 unspecified atom stereocenters. The molecule has 16 heavy (non-hydrogen) atoms. The van der Waals surface area contributed by atoms with Crippen LogP contribution in [0.25, 0.3) is 0 Å². The molecular weight excluding hydrogens is 220 g/mol. The Morgan fingerprint density at radius 1 is 1.56 bits per heavy atom. The van der Waals surface area contributed by atoms with Crippen molar-refractivity contribution in [3.8, 4) is 0 Å². The molecule has 2 aromatic heterocycles. The Balaban J connectivity index is 2.09. The maximum atomic E-state index is 6.05. The van der Waals surface area contributed by atoms with Crippen LogP contribution in [-0.2, 0) is 12.8 Å². The number of nitrogens with zero attached hydrogens (tertiary/aromatic N) is 1. The van der Waals surface area contributed by atoms with Crippen molar-refractivity contribution in [1.29, 1.82) is 0 Å². The van der Waals surface area contributed by atoms with Crippen molar-refractivity contribution in [3.63, 3.8) is 0 Å². The van der Waals surface area contributed by atoms with Gasteiger partial charge in [0.2, 0.25) is 0 Å². The molecule has 0 saturated heterocycles. The van der Waals surface area contributed by atoms with Gasteiger partial charge in [-0.2, -0.15) is 0 Å². The molecular formula is C12H16N2OS. The van der Waals surface area contributed by atoms with Crippen LogP contribution in [0.4, 0.5) is 0 Å². The number of aryl methyl sites for hydroxylation is 2. The van der Waals surface area contributed by atoms with Crippen molar-refractivity contribution in [2.45, 2.75) is 32.7 Å². The van der Waals surface area contributed by atoms with Crippen molar-refractivity contribution in [3.05, 3.63) is 39.7 Å². The lowest BCUT2D eigenvalue weighted by Crippen LogP contribution is -2.12. The Bertz CT molecular complexity index is 448. The second kappa shape index (κ2) is 4.80. The second-order valence-electron chi connectivity index (χ2n) is 3.79. The van der Waals surface area contributed by atoms with Gasteiger partial charge in [-0.1, -0.05) is 6.92 Å². The van der Waals surface area contributed by atoms with E-state index in [2.05, 4.69) is 18.8 Å². The van der Waals surface area contributed by atoms with Crippen LogP contribution in [0.5, 0.6) is 0 Å². The van der Waals surface area contributed by atoms with Crippen LogP contribution in [0.2, 0.25) is 0 Å². The van der Waals surface area contributed by atoms with Crippen molar-refractivity contribution >= 4 is 11.3 Å². The summed E-state index contributed by atoms with van der Waals surface area (Å²) >= 11 is 1.73. The molecule has 0 aliphatic rings. The largest absolute Gasteiger partial charge is 0.468 e. The van der Waals surface area contributed by atoms with Gasteiger partial charge in [0.25, 0.3) is 0 Å². The van der Waals surface area contributed by atoms with Gasteiger partial charge >= 0.3 is 0 Å².